The Morgan fingerprint density at radius 1 is 0.781 bits per heavy atom. The van der Waals surface area contributed by atoms with E-state index in [2.05, 4.69) is 13.0 Å². The normalized spacial score (nSPS) is 20.7. The minimum atomic E-state index is -1.53. The highest BCUT2D eigenvalue weighted by atomic mass is 19.2. The Labute approximate surface area is 188 Å². The summed E-state index contributed by atoms with van der Waals surface area (Å²) < 4.78 is 55.3. The highest BCUT2D eigenvalue weighted by molar-refractivity contribution is 5.66. The van der Waals surface area contributed by atoms with Gasteiger partial charge in [0, 0.05) is 5.56 Å². The molecule has 0 nitrogen and oxygen atoms in total. The molecule has 0 radical (unpaired) electrons. The van der Waals surface area contributed by atoms with E-state index in [1.807, 2.05) is 0 Å². The number of benzene rings is 2. The molecule has 0 heterocycles. The van der Waals surface area contributed by atoms with E-state index in [1.165, 1.54) is 63.0 Å². The fraction of sp³-hybridized carbons (Fsp3) is 0.500. The van der Waals surface area contributed by atoms with E-state index in [9.17, 15) is 17.6 Å². The largest absolute Gasteiger partial charge is 0.206 e. The highest BCUT2D eigenvalue weighted by Crippen LogP contribution is 2.36. The van der Waals surface area contributed by atoms with Crippen LogP contribution in [0.5, 0.6) is 0 Å². The number of fused-ring (bicyclic) bond motifs is 1. The summed E-state index contributed by atoms with van der Waals surface area (Å²) in [6.45, 7) is 2.26. The van der Waals surface area contributed by atoms with Crippen LogP contribution in [-0.4, -0.2) is 0 Å². The molecule has 2 aromatic carbocycles. The monoisotopic (exact) mass is 444 g/mol. The molecule has 0 aromatic heterocycles. The molecule has 2 aliphatic rings. The van der Waals surface area contributed by atoms with Gasteiger partial charge in [-0.05, 0) is 78.5 Å². The van der Waals surface area contributed by atoms with Gasteiger partial charge >= 0.3 is 0 Å². The lowest BCUT2D eigenvalue weighted by Gasteiger charge is -2.29. The van der Waals surface area contributed by atoms with E-state index in [0.29, 0.717) is 6.42 Å². The molecule has 4 rings (SSSR count). The molecule has 0 saturated heterocycles. The molecular formula is C28H32F4. The molecule has 2 aromatic rings. The van der Waals surface area contributed by atoms with Crippen LogP contribution in [0, 0.1) is 35.1 Å². The lowest BCUT2D eigenvalue weighted by atomic mass is 9.77. The van der Waals surface area contributed by atoms with Crippen molar-refractivity contribution in [2.75, 3.05) is 0 Å². The Kier molecular flexibility index (Phi) is 7.37. The van der Waals surface area contributed by atoms with Gasteiger partial charge in [-0.15, -0.1) is 0 Å². The smallest absolute Gasteiger partial charge is 0.194 e. The predicted octanol–water partition coefficient (Wildman–Crippen LogP) is 8.71. The molecule has 32 heavy (non-hydrogen) atoms. The summed E-state index contributed by atoms with van der Waals surface area (Å²) in [4.78, 5) is 0. The SMILES string of the molecule is CCCCC1CCC(CCC2=CCc3cc(-c4cc(F)c(F)c(F)c4)c(F)cc3C2)CC1. The third-order valence-electron chi connectivity index (χ3n) is 7.42. The molecule has 172 valence electrons. The van der Waals surface area contributed by atoms with Gasteiger partial charge in [0.2, 0.25) is 0 Å². The number of rotatable bonds is 7. The molecule has 2 aliphatic carbocycles. The summed E-state index contributed by atoms with van der Waals surface area (Å²) >= 11 is 0. The molecule has 4 heteroatoms. The molecule has 0 spiro atoms. The van der Waals surface area contributed by atoms with Crippen LogP contribution in [0.4, 0.5) is 17.6 Å². The maximum Gasteiger partial charge on any atom is 0.194 e. The van der Waals surface area contributed by atoms with Crippen LogP contribution in [0.2, 0.25) is 0 Å². The van der Waals surface area contributed by atoms with Gasteiger partial charge in [0.05, 0.1) is 0 Å². The summed E-state index contributed by atoms with van der Waals surface area (Å²) in [5.41, 5.74) is 3.39. The van der Waals surface area contributed by atoms with Crippen LogP contribution in [0.1, 0.15) is 75.8 Å². The lowest BCUT2D eigenvalue weighted by Crippen LogP contribution is -2.15. The van der Waals surface area contributed by atoms with Gasteiger partial charge in [0.1, 0.15) is 5.82 Å². The Morgan fingerprint density at radius 3 is 2.09 bits per heavy atom. The molecule has 1 saturated carbocycles. The number of unbranched alkanes of at least 4 members (excludes halogenated alkanes) is 1. The van der Waals surface area contributed by atoms with Crippen molar-refractivity contribution in [3.63, 3.8) is 0 Å². The van der Waals surface area contributed by atoms with Crippen LogP contribution in [0.25, 0.3) is 11.1 Å². The van der Waals surface area contributed by atoms with Crippen LogP contribution >= 0.6 is 0 Å². The Hall–Kier alpha value is -2.10. The Balaban J connectivity index is 1.37. The summed E-state index contributed by atoms with van der Waals surface area (Å²) in [6.07, 6.45) is 15.3. The van der Waals surface area contributed by atoms with Crippen molar-refractivity contribution in [3.8, 4) is 11.1 Å². The zero-order valence-corrected chi connectivity index (χ0v) is 18.8. The van der Waals surface area contributed by atoms with Crippen LogP contribution in [0.15, 0.2) is 35.9 Å². The van der Waals surface area contributed by atoms with E-state index in [1.54, 1.807) is 6.07 Å². The summed E-state index contributed by atoms with van der Waals surface area (Å²) in [6, 6.07) is 4.84. The third-order valence-corrected chi connectivity index (χ3v) is 7.42. The van der Waals surface area contributed by atoms with Crippen LogP contribution < -0.4 is 0 Å². The van der Waals surface area contributed by atoms with Gasteiger partial charge < -0.3 is 0 Å². The minimum Gasteiger partial charge on any atom is -0.206 e. The third kappa shape index (κ3) is 5.27. The summed E-state index contributed by atoms with van der Waals surface area (Å²) in [7, 11) is 0. The van der Waals surface area contributed by atoms with E-state index in [0.717, 1.165) is 47.9 Å². The number of hydrogen-bond donors (Lipinski definition) is 0. The van der Waals surface area contributed by atoms with E-state index < -0.39 is 23.3 Å². The Bertz CT molecular complexity index is 960. The van der Waals surface area contributed by atoms with Gasteiger partial charge in [0.25, 0.3) is 0 Å². The number of hydrogen-bond acceptors (Lipinski definition) is 0. The minimum absolute atomic E-state index is 0.0195. The number of halogens is 4. The first kappa shape index (κ1) is 23.1. The van der Waals surface area contributed by atoms with Crippen LogP contribution in [0.3, 0.4) is 0 Å². The van der Waals surface area contributed by atoms with Crippen molar-refractivity contribution >= 4 is 0 Å². The lowest BCUT2D eigenvalue weighted by molar-refractivity contribution is 0.249. The first-order valence-electron chi connectivity index (χ1n) is 12.1. The molecule has 0 unspecified atom stereocenters. The topological polar surface area (TPSA) is 0 Å². The van der Waals surface area contributed by atoms with Gasteiger partial charge in [-0.1, -0.05) is 63.5 Å². The average molecular weight is 445 g/mol. The second-order valence-electron chi connectivity index (χ2n) is 9.67. The molecule has 0 aliphatic heterocycles. The molecule has 1 fully saturated rings. The quantitative estimate of drug-likeness (QED) is 0.228. The molecule has 0 bridgehead atoms. The molecule has 0 atom stereocenters. The van der Waals surface area contributed by atoms with Crippen molar-refractivity contribution < 1.29 is 17.6 Å². The fourth-order valence-corrected chi connectivity index (χ4v) is 5.40. The zero-order valence-electron chi connectivity index (χ0n) is 18.8. The first-order valence-corrected chi connectivity index (χ1v) is 12.1. The second kappa shape index (κ2) is 10.2. The second-order valence-corrected chi connectivity index (χ2v) is 9.67. The fourth-order valence-electron chi connectivity index (χ4n) is 5.40. The van der Waals surface area contributed by atoms with E-state index >= 15 is 0 Å². The van der Waals surface area contributed by atoms with Crippen molar-refractivity contribution in [1.82, 2.24) is 0 Å². The van der Waals surface area contributed by atoms with E-state index in [-0.39, 0.29) is 11.1 Å². The standard InChI is InChI=1S/C28H32F4/c1-2-3-4-18-5-7-19(8-6-18)9-10-20-11-12-21-14-24(25(29)15-22(21)13-20)23-16-26(30)28(32)27(31)17-23/h11,14-19H,2-10,12-13H2,1H3. The summed E-state index contributed by atoms with van der Waals surface area (Å²) in [5.74, 6) is -2.95. The molecule has 0 amide bonds. The van der Waals surface area contributed by atoms with Crippen molar-refractivity contribution in [2.45, 2.75) is 77.6 Å². The highest BCUT2D eigenvalue weighted by Gasteiger charge is 2.22. The van der Waals surface area contributed by atoms with Gasteiger partial charge in [0.15, 0.2) is 17.5 Å². The number of allylic oxidation sites excluding steroid dienone is 2. The van der Waals surface area contributed by atoms with Gasteiger partial charge in [-0.25, -0.2) is 17.6 Å². The summed E-state index contributed by atoms with van der Waals surface area (Å²) in [5, 5.41) is 0. The average Bonchev–Trinajstić information content (AvgIpc) is 2.79. The molecular weight excluding hydrogens is 412 g/mol. The van der Waals surface area contributed by atoms with Gasteiger partial charge in [-0.2, -0.15) is 0 Å². The van der Waals surface area contributed by atoms with Crippen molar-refractivity contribution in [2.24, 2.45) is 11.8 Å². The maximum absolute atomic E-state index is 14.8. The maximum atomic E-state index is 14.8. The van der Waals surface area contributed by atoms with Crippen LogP contribution in [-0.2, 0) is 12.8 Å². The first-order chi connectivity index (χ1) is 15.4. The van der Waals surface area contributed by atoms with Gasteiger partial charge in [-0.3, -0.25) is 0 Å². The van der Waals surface area contributed by atoms with Crippen molar-refractivity contribution in [1.29, 1.82) is 0 Å². The van der Waals surface area contributed by atoms with E-state index in [4.69, 9.17) is 0 Å². The zero-order chi connectivity index (χ0) is 22.7. The van der Waals surface area contributed by atoms with Crippen molar-refractivity contribution in [3.05, 3.63) is 70.3 Å². The molecule has 0 N–H and O–H groups in total. The predicted molar refractivity (Wildman–Crippen MR) is 121 cm³/mol. The Morgan fingerprint density at radius 2 is 1.44 bits per heavy atom.